The molecule has 0 aliphatic rings. The van der Waals surface area contributed by atoms with Crippen molar-refractivity contribution in [1.82, 2.24) is 0 Å². The molecule has 7 heavy (non-hydrogen) atoms. The summed E-state index contributed by atoms with van der Waals surface area (Å²) in [6, 6.07) is 0. The maximum atomic E-state index is 8.44. The van der Waals surface area contributed by atoms with Gasteiger partial charge in [0.15, 0.2) is 6.29 Å². The van der Waals surface area contributed by atoms with Crippen molar-refractivity contribution in [2.75, 3.05) is 7.11 Å². The zero-order chi connectivity index (χ0) is 4.99. The zero-order valence-corrected chi connectivity index (χ0v) is 7.78. The quantitative estimate of drug-likeness (QED) is 0.694. The molecule has 42 valence electrons. The van der Waals surface area contributed by atoms with Gasteiger partial charge in [0.1, 0.15) is 0 Å². The van der Waals surface area contributed by atoms with Crippen molar-refractivity contribution in [3.8, 4) is 0 Å². The predicted molar refractivity (Wildman–Crippen MR) is 23.3 cm³/mol. The molecular weight excluding hydrogens is 220 g/mol. The Labute approximate surface area is 77.6 Å². The molecule has 1 atom stereocenters. The molecule has 2 nitrogen and oxygen atoms in total. The van der Waals surface area contributed by atoms with Gasteiger partial charge >= 0.3 is 0 Å². The Morgan fingerprint density at radius 2 is 2.14 bits per heavy atom. The largest absolute Gasteiger partial charge is 0.368 e. The van der Waals surface area contributed by atoms with Gasteiger partial charge in [0, 0.05) is 48.9 Å². The summed E-state index contributed by atoms with van der Waals surface area (Å²) in [6.07, 6.45) is 0.0984. The van der Waals surface area contributed by atoms with Crippen LogP contribution in [0.1, 0.15) is 13.3 Å². The van der Waals surface area contributed by atoms with Crippen LogP contribution < -0.4 is 0 Å². The Balaban J connectivity index is 0. The molecule has 0 fully saturated rings. The van der Waals surface area contributed by atoms with E-state index in [-0.39, 0.29) is 41.7 Å². The molecule has 0 heterocycles. The Bertz CT molecular complexity index is 28.9. The second kappa shape index (κ2) is 7.30. The van der Waals surface area contributed by atoms with Gasteiger partial charge in [-0.05, 0) is 6.42 Å². The van der Waals surface area contributed by atoms with E-state index in [0.717, 1.165) is 0 Å². The second-order valence-corrected chi connectivity index (χ2v) is 1.10. The van der Waals surface area contributed by atoms with Gasteiger partial charge in [0.25, 0.3) is 0 Å². The molecule has 0 aromatic rings. The smallest absolute Gasteiger partial charge is 0.153 e. The topological polar surface area (TPSA) is 29.5 Å². The van der Waals surface area contributed by atoms with Gasteiger partial charge in [0.05, 0.1) is 0 Å². The molecule has 0 aliphatic heterocycles. The van der Waals surface area contributed by atoms with E-state index in [0.29, 0.717) is 6.42 Å². The first-order valence-corrected chi connectivity index (χ1v) is 2.02. The number of aliphatic hydroxyl groups is 1. The fraction of sp³-hybridized carbons (Fsp3) is 1.00. The fourth-order valence-electron chi connectivity index (χ4n) is 0.167. The normalized spacial score (nSPS) is 12.4. The predicted octanol–water partition coefficient (Wildman–Crippen LogP) is 0.361. The van der Waals surface area contributed by atoms with Crippen LogP contribution in [0.5, 0.6) is 0 Å². The van der Waals surface area contributed by atoms with Crippen molar-refractivity contribution in [3.05, 3.63) is 0 Å². The van der Waals surface area contributed by atoms with Crippen LogP contribution in [0.25, 0.3) is 0 Å². The van der Waals surface area contributed by atoms with Crippen LogP contribution >= 0.6 is 0 Å². The molecule has 0 amide bonds. The summed E-state index contributed by atoms with van der Waals surface area (Å²) in [4.78, 5) is 0. The number of ether oxygens (including phenoxy) is 1. The summed E-state index contributed by atoms with van der Waals surface area (Å²) in [5.41, 5.74) is 0. The summed E-state index contributed by atoms with van der Waals surface area (Å²) < 4.78 is 4.45. The minimum absolute atomic E-state index is 0. The Morgan fingerprint density at radius 1 is 1.71 bits per heavy atom. The minimum atomic E-state index is -0.565. The third-order valence-corrected chi connectivity index (χ3v) is 0.621. The molecule has 0 bridgehead atoms. The molecule has 0 aromatic heterocycles. The molecule has 0 rings (SSSR count). The van der Waals surface area contributed by atoms with E-state index in [4.69, 9.17) is 5.11 Å². The summed E-state index contributed by atoms with van der Waals surface area (Å²) in [6.45, 7) is 1.86. The van der Waals surface area contributed by atoms with E-state index >= 15 is 0 Å². The third kappa shape index (κ3) is 7.30. The van der Waals surface area contributed by atoms with Gasteiger partial charge in [-0.2, -0.15) is 0 Å². The molecule has 0 aliphatic carbocycles. The van der Waals surface area contributed by atoms with Gasteiger partial charge in [0.2, 0.25) is 0 Å². The zero-order valence-electron chi connectivity index (χ0n) is 4.64. The molecular formula is C4H10CeO2. The number of aliphatic hydroxyl groups excluding tert-OH is 1. The molecule has 0 radical (unpaired) electrons. The van der Waals surface area contributed by atoms with Crippen LogP contribution in [-0.2, 0) is 4.74 Å². The van der Waals surface area contributed by atoms with Gasteiger partial charge in [-0.25, -0.2) is 0 Å². The molecule has 0 spiro atoms. The Hall–Kier alpha value is 1.30. The van der Waals surface area contributed by atoms with Crippen molar-refractivity contribution in [3.63, 3.8) is 0 Å². The molecule has 1 unspecified atom stereocenters. The number of hydrogen-bond acceptors (Lipinski definition) is 2. The molecule has 0 saturated heterocycles. The van der Waals surface area contributed by atoms with Crippen LogP contribution in [0, 0.1) is 41.7 Å². The van der Waals surface area contributed by atoms with E-state index in [9.17, 15) is 0 Å². The van der Waals surface area contributed by atoms with E-state index < -0.39 is 6.29 Å². The Kier molecular flexibility index (Phi) is 11.6. The molecule has 0 saturated carbocycles. The number of methoxy groups -OCH3 is 1. The van der Waals surface area contributed by atoms with Gasteiger partial charge in [-0.3, -0.25) is 0 Å². The summed E-state index contributed by atoms with van der Waals surface area (Å²) >= 11 is 0. The third-order valence-electron chi connectivity index (χ3n) is 0.621. The summed E-state index contributed by atoms with van der Waals surface area (Å²) in [7, 11) is 1.48. The van der Waals surface area contributed by atoms with Crippen molar-refractivity contribution in [1.29, 1.82) is 0 Å². The van der Waals surface area contributed by atoms with Crippen LogP contribution in [0.15, 0.2) is 0 Å². The molecule has 3 heteroatoms. The first-order chi connectivity index (χ1) is 2.81. The van der Waals surface area contributed by atoms with Crippen LogP contribution in [-0.4, -0.2) is 18.5 Å². The molecule has 0 aromatic carbocycles. The van der Waals surface area contributed by atoms with Crippen molar-refractivity contribution in [2.24, 2.45) is 0 Å². The van der Waals surface area contributed by atoms with E-state index in [1.54, 1.807) is 0 Å². The first kappa shape index (κ1) is 11.1. The summed E-state index contributed by atoms with van der Waals surface area (Å²) in [5.74, 6) is 0. The van der Waals surface area contributed by atoms with Crippen LogP contribution in [0.3, 0.4) is 0 Å². The van der Waals surface area contributed by atoms with Crippen LogP contribution in [0.2, 0.25) is 0 Å². The fourth-order valence-corrected chi connectivity index (χ4v) is 0.167. The second-order valence-electron chi connectivity index (χ2n) is 1.10. The van der Waals surface area contributed by atoms with E-state index in [1.807, 2.05) is 6.92 Å². The van der Waals surface area contributed by atoms with Crippen molar-refractivity contribution in [2.45, 2.75) is 19.6 Å². The SMILES string of the molecule is CCC(O)OC.[Ce]. The standard InChI is InChI=1S/C4H10O2.Ce/c1-3-4(5)6-2;/h4-5H,3H2,1-2H3;. The van der Waals surface area contributed by atoms with Gasteiger partial charge in [-0.15, -0.1) is 0 Å². The van der Waals surface area contributed by atoms with E-state index in [1.165, 1.54) is 7.11 Å². The number of rotatable bonds is 2. The maximum absolute atomic E-state index is 8.44. The summed E-state index contributed by atoms with van der Waals surface area (Å²) in [5, 5.41) is 8.44. The maximum Gasteiger partial charge on any atom is 0.153 e. The van der Waals surface area contributed by atoms with Gasteiger partial charge < -0.3 is 9.84 Å². The van der Waals surface area contributed by atoms with Crippen molar-refractivity contribution >= 4 is 0 Å². The minimum Gasteiger partial charge on any atom is -0.368 e. The number of hydrogen-bond donors (Lipinski definition) is 1. The first-order valence-electron chi connectivity index (χ1n) is 2.02. The van der Waals surface area contributed by atoms with Gasteiger partial charge in [-0.1, -0.05) is 6.92 Å². The average molecular weight is 230 g/mol. The Morgan fingerprint density at radius 3 is 2.14 bits per heavy atom. The average Bonchev–Trinajstić information content (AvgIpc) is 1.65. The monoisotopic (exact) mass is 230 g/mol. The molecule has 1 N–H and O–H groups in total. The van der Waals surface area contributed by atoms with E-state index in [2.05, 4.69) is 4.74 Å². The van der Waals surface area contributed by atoms with Crippen LogP contribution in [0.4, 0.5) is 0 Å². The van der Waals surface area contributed by atoms with Crippen molar-refractivity contribution < 1.29 is 51.6 Å².